The lowest BCUT2D eigenvalue weighted by Crippen LogP contribution is -2.30. The SMILES string of the molecule is CCCCCCCCCCCCCCCCCCCCCCCC(=O)O[C@H](COC(=O)CCCCCCCCCCCCCCC(C)C)COP(=O)(O)OC[C@@H](O)COP(=O)(O)OC[C@@H](COC(=O)CCCCCCCCCCC)OC(=O)CCCCCCCCCCCCCCCCC. The van der Waals surface area contributed by atoms with E-state index in [2.05, 4.69) is 34.6 Å². The summed E-state index contributed by atoms with van der Waals surface area (Å²) < 4.78 is 68.7. The zero-order valence-corrected chi connectivity index (χ0v) is 67.1. The number of carbonyl (C=O) groups excluding carboxylic acids is 4. The van der Waals surface area contributed by atoms with Crippen LogP contribution in [0.1, 0.15) is 433 Å². The van der Waals surface area contributed by atoms with E-state index in [4.69, 9.17) is 37.0 Å². The van der Waals surface area contributed by atoms with Crippen molar-refractivity contribution in [1.29, 1.82) is 0 Å². The Morgan fingerprint density at radius 3 is 0.680 bits per heavy atom. The van der Waals surface area contributed by atoms with Crippen LogP contribution in [0, 0.1) is 5.92 Å². The van der Waals surface area contributed by atoms with Crippen LogP contribution in [-0.4, -0.2) is 96.7 Å². The van der Waals surface area contributed by atoms with Crippen molar-refractivity contribution >= 4 is 39.5 Å². The zero-order chi connectivity index (χ0) is 73.4. The standard InChI is InChI=1S/C81H158O17P2/c1-6-9-12-15-18-21-23-25-27-28-29-30-31-32-34-36-42-47-52-57-62-67-81(86)98-77(71-92-79(84)65-60-55-50-45-40-38-37-39-44-48-53-58-63-74(4)5)73-96-100(89,90)94-69-75(82)68-93-99(87,88)95-72-76(70-91-78(83)64-59-54-49-43-20-17-14-11-8-3)97-80(85)66-61-56-51-46-41-35-33-26-24-22-19-16-13-10-7-2/h74-77,82H,6-73H2,1-5H3,(H,87,88)(H,89,90)/t75-,76+,77+/m0/s1. The molecule has 0 saturated heterocycles. The molecule has 594 valence electrons. The van der Waals surface area contributed by atoms with Crippen LogP contribution in [0.5, 0.6) is 0 Å². The Bertz CT molecular complexity index is 1910. The number of aliphatic hydroxyl groups is 1. The van der Waals surface area contributed by atoms with Gasteiger partial charge >= 0.3 is 39.5 Å². The molecule has 0 amide bonds. The lowest BCUT2D eigenvalue weighted by atomic mass is 10.0. The van der Waals surface area contributed by atoms with E-state index in [1.165, 1.54) is 257 Å². The third-order valence-corrected chi connectivity index (χ3v) is 20.9. The summed E-state index contributed by atoms with van der Waals surface area (Å²) in [6.45, 7) is 7.33. The van der Waals surface area contributed by atoms with Gasteiger partial charge in [-0.3, -0.25) is 37.3 Å². The molecule has 0 aliphatic heterocycles. The van der Waals surface area contributed by atoms with Gasteiger partial charge in [0.2, 0.25) is 0 Å². The van der Waals surface area contributed by atoms with Crippen LogP contribution in [-0.2, 0) is 65.4 Å². The fraction of sp³-hybridized carbons (Fsp3) is 0.951. The quantitative estimate of drug-likeness (QED) is 0.0222. The number of rotatable bonds is 81. The normalized spacial score (nSPS) is 13.8. The molecule has 0 fully saturated rings. The second-order valence-corrected chi connectivity index (χ2v) is 32.5. The highest BCUT2D eigenvalue weighted by Crippen LogP contribution is 2.45. The first-order valence-electron chi connectivity index (χ1n) is 42.1. The second-order valence-electron chi connectivity index (χ2n) is 29.6. The lowest BCUT2D eigenvalue weighted by molar-refractivity contribution is -0.161. The maximum Gasteiger partial charge on any atom is 0.472 e. The Hall–Kier alpha value is -1.94. The van der Waals surface area contributed by atoms with E-state index in [1.807, 2.05) is 0 Å². The summed E-state index contributed by atoms with van der Waals surface area (Å²) in [5.41, 5.74) is 0. The molecule has 17 nitrogen and oxygen atoms in total. The van der Waals surface area contributed by atoms with E-state index in [9.17, 15) is 43.2 Å². The number of hydrogen-bond donors (Lipinski definition) is 3. The average Bonchev–Trinajstić information content (AvgIpc) is 0.967. The van der Waals surface area contributed by atoms with Crippen LogP contribution >= 0.6 is 15.6 Å². The molecule has 0 rings (SSSR count). The van der Waals surface area contributed by atoms with E-state index >= 15 is 0 Å². The average molecular weight is 1470 g/mol. The summed E-state index contributed by atoms with van der Waals surface area (Å²) in [7, 11) is -9.92. The van der Waals surface area contributed by atoms with Gasteiger partial charge in [0, 0.05) is 25.7 Å². The molecule has 3 N–H and O–H groups in total. The number of unbranched alkanes of at least 4 members (excludes halogenated alkanes) is 53. The lowest BCUT2D eigenvalue weighted by Gasteiger charge is -2.21. The van der Waals surface area contributed by atoms with Crippen molar-refractivity contribution in [3.05, 3.63) is 0 Å². The van der Waals surface area contributed by atoms with Crippen molar-refractivity contribution < 1.29 is 80.2 Å². The molecule has 5 atom stereocenters. The van der Waals surface area contributed by atoms with Gasteiger partial charge in [-0.25, -0.2) is 9.13 Å². The van der Waals surface area contributed by atoms with Crippen molar-refractivity contribution in [2.45, 2.75) is 451 Å². The highest BCUT2D eigenvalue weighted by Gasteiger charge is 2.30. The van der Waals surface area contributed by atoms with Crippen LogP contribution in [0.25, 0.3) is 0 Å². The van der Waals surface area contributed by atoms with Gasteiger partial charge in [0.15, 0.2) is 12.2 Å². The molecular weight excluding hydrogens is 1310 g/mol. The minimum atomic E-state index is -4.96. The summed E-state index contributed by atoms with van der Waals surface area (Å²) in [6, 6.07) is 0. The molecule has 0 aliphatic carbocycles. The number of phosphoric ester groups is 2. The van der Waals surface area contributed by atoms with Crippen LogP contribution < -0.4 is 0 Å². The van der Waals surface area contributed by atoms with Crippen LogP contribution in [0.3, 0.4) is 0 Å². The van der Waals surface area contributed by atoms with Gasteiger partial charge in [-0.2, -0.15) is 0 Å². The van der Waals surface area contributed by atoms with E-state index in [1.54, 1.807) is 0 Å². The monoisotopic (exact) mass is 1470 g/mol. The third-order valence-electron chi connectivity index (χ3n) is 19.0. The minimum Gasteiger partial charge on any atom is -0.462 e. The number of carbonyl (C=O) groups is 4. The molecule has 100 heavy (non-hydrogen) atoms. The summed E-state index contributed by atoms with van der Waals surface area (Å²) >= 11 is 0. The second kappa shape index (κ2) is 73.9. The first-order chi connectivity index (χ1) is 48.5. The summed E-state index contributed by atoms with van der Waals surface area (Å²) in [6.07, 6.45) is 65.2. The Morgan fingerprint density at radius 1 is 0.270 bits per heavy atom. The number of ether oxygens (including phenoxy) is 4. The van der Waals surface area contributed by atoms with Gasteiger partial charge in [0.25, 0.3) is 0 Å². The highest BCUT2D eigenvalue weighted by atomic mass is 31.2. The third kappa shape index (κ3) is 74.3. The van der Waals surface area contributed by atoms with Crippen molar-refractivity contribution in [1.82, 2.24) is 0 Å². The number of esters is 4. The predicted molar refractivity (Wildman–Crippen MR) is 409 cm³/mol. The molecule has 0 aromatic heterocycles. The zero-order valence-electron chi connectivity index (χ0n) is 65.3. The fourth-order valence-electron chi connectivity index (χ4n) is 12.6. The number of phosphoric acid groups is 2. The molecule has 0 heterocycles. The van der Waals surface area contributed by atoms with Crippen LogP contribution in [0.15, 0.2) is 0 Å². The van der Waals surface area contributed by atoms with Gasteiger partial charge in [-0.15, -0.1) is 0 Å². The van der Waals surface area contributed by atoms with Gasteiger partial charge in [0.1, 0.15) is 19.3 Å². The van der Waals surface area contributed by atoms with E-state index < -0.39 is 97.5 Å². The maximum absolute atomic E-state index is 13.1. The Morgan fingerprint density at radius 2 is 0.460 bits per heavy atom. The molecule has 0 aromatic carbocycles. The van der Waals surface area contributed by atoms with Gasteiger partial charge < -0.3 is 33.8 Å². The summed E-state index contributed by atoms with van der Waals surface area (Å²) in [5.74, 6) is -1.33. The van der Waals surface area contributed by atoms with Gasteiger partial charge in [-0.05, 0) is 31.6 Å². The van der Waals surface area contributed by atoms with Gasteiger partial charge in [0.05, 0.1) is 26.4 Å². The molecule has 0 saturated carbocycles. The fourth-order valence-corrected chi connectivity index (χ4v) is 14.2. The summed E-state index contributed by atoms with van der Waals surface area (Å²) in [5, 5.41) is 10.6. The number of hydrogen-bond acceptors (Lipinski definition) is 15. The molecule has 0 aliphatic rings. The first-order valence-corrected chi connectivity index (χ1v) is 45.1. The number of aliphatic hydroxyl groups excluding tert-OH is 1. The van der Waals surface area contributed by atoms with E-state index in [-0.39, 0.29) is 25.7 Å². The topological polar surface area (TPSA) is 237 Å². The molecule has 19 heteroatoms. The molecule has 0 aromatic rings. The van der Waals surface area contributed by atoms with E-state index in [0.29, 0.717) is 25.7 Å². The molecule has 2 unspecified atom stereocenters. The van der Waals surface area contributed by atoms with Crippen molar-refractivity contribution in [3.63, 3.8) is 0 Å². The van der Waals surface area contributed by atoms with Crippen LogP contribution in [0.2, 0.25) is 0 Å². The minimum absolute atomic E-state index is 0.108. The van der Waals surface area contributed by atoms with Gasteiger partial charge in [-0.1, -0.05) is 381 Å². The molecule has 0 spiro atoms. The van der Waals surface area contributed by atoms with Crippen molar-refractivity contribution in [2.75, 3.05) is 39.6 Å². The molecule has 0 bridgehead atoms. The van der Waals surface area contributed by atoms with E-state index in [0.717, 1.165) is 95.8 Å². The Labute approximate surface area is 613 Å². The molecular formula is C81H158O17P2. The first kappa shape index (κ1) is 98.1. The Kier molecular flexibility index (Phi) is 72.5. The largest absolute Gasteiger partial charge is 0.472 e. The smallest absolute Gasteiger partial charge is 0.462 e. The highest BCUT2D eigenvalue weighted by molar-refractivity contribution is 7.47. The van der Waals surface area contributed by atoms with Crippen LogP contribution in [0.4, 0.5) is 0 Å². The Balaban J connectivity index is 5.20. The predicted octanol–water partition coefficient (Wildman–Crippen LogP) is 24.4. The van der Waals surface area contributed by atoms with Crippen molar-refractivity contribution in [2.24, 2.45) is 5.92 Å². The maximum atomic E-state index is 13.1. The molecule has 0 radical (unpaired) electrons. The van der Waals surface area contributed by atoms with Crippen molar-refractivity contribution in [3.8, 4) is 0 Å². The summed E-state index contributed by atoms with van der Waals surface area (Å²) in [4.78, 5) is 73.0.